The third-order valence-corrected chi connectivity index (χ3v) is 2.91. The van der Waals surface area contributed by atoms with Crippen LogP contribution >= 0.6 is 0 Å². The van der Waals surface area contributed by atoms with E-state index >= 15 is 0 Å². The number of hydrogen-bond donors (Lipinski definition) is 1. The van der Waals surface area contributed by atoms with Crippen LogP contribution in [0.5, 0.6) is 0 Å². The summed E-state index contributed by atoms with van der Waals surface area (Å²) in [7, 11) is 0. The molecule has 0 amide bonds. The third kappa shape index (κ3) is 5.00. The number of carbonyl (C=O) groups excluding carboxylic acids is 1. The lowest BCUT2D eigenvalue weighted by atomic mass is 10.1. The Kier molecular flexibility index (Phi) is 9.19. The molecule has 1 fully saturated rings. The van der Waals surface area contributed by atoms with Gasteiger partial charge in [-0.1, -0.05) is 13.8 Å². The Morgan fingerprint density at radius 2 is 2.06 bits per heavy atom. The summed E-state index contributed by atoms with van der Waals surface area (Å²) in [6, 6.07) is 0.572. The molecule has 0 saturated carbocycles. The van der Waals surface area contributed by atoms with E-state index in [-0.39, 0.29) is 0 Å². The summed E-state index contributed by atoms with van der Waals surface area (Å²) in [4.78, 5) is 8.81. The van der Waals surface area contributed by atoms with Gasteiger partial charge in [-0.05, 0) is 45.7 Å². The summed E-state index contributed by atoms with van der Waals surface area (Å²) in [6.07, 6.45) is 5.24. The van der Waals surface area contributed by atoms with Crippen LogP contribution in [0, 0.1) is 13.8 Å². The van der Waals surface area contributed by atoms with E-state index in [0.717, 1.165) is 19.4 Å². The highest BCUT2D eigenvalue weighted by atomic mass is 16.1. The molecule has 1 aliphatic heterocycles. The van der Waals surface area contributed by atoms with E-state index in [1.54, 1.807) is 0 Å². The Labute approximate surface area is 111 Å². The molecule has 0 aliphatic carbocycles. The third-order valence-electron chi connectivity index (χ3n) is 2.91. The standard InChI is InChI=1S/C10H17N3.C2H4O.C2H6/c1-8-6-12-13(9(8)2)10-4-3-5-11-7-10;1-2-3;1-2/h6,10-11H,3-5,7H2,1-2H3;2H,1H3;1-2H3. The predicted octanol–water partition coefficient (Wildman–Crippen LogP) is 2.66. The molecule has 1 aliphatic rings. The van der Waals surface area contributed by atoms with Crippen molar-refractivity contribution in [3.05, 3.63) is 17.5 Å². The highest BCUT2D eigenvalue weighted by molar-refractivity contribution is 5.44. The molecule has 104 valence electrons. The molecule has 2 heterocycles. The molecule has 0 aromatic carbocycles. The van der Waals surface area contributed by atoms with E-state index in [1.807, 2.05) is 20.0 Å². The van der Waals surface area contributed by atoms with Gasteiger partial charge in [-0.2, -0.15) is 5.10 Å². The molecular weight excluding hydrogens is 226 g/mol. The highest BCUT2D eigenvalue weighted by Gasteiger charge is 2.17. The van der Waals surface area contributed by atoms with Crippen LogP contribution in [0.3, 0.4) is 0 Å². The first-order chi connectivity index (χ1) is 8.70. The number of aryl methyl sites for hydroxylation is 1. The van der Waals surface area contributed by atoms with Crippen LogP contribution in [0.25, 0.3) is 0 Å². The van der Waals surface area contributed by atoms with Gasteiger partial charge in [0.1, 0.15) is 6.29 Å². The molecule has 0 bridgehead atoms. The maximum atomic E-state index is 8.81. The average molecular weight is 253 g/mol. The Balaban J connectivity index is 0.000000509. The maximum absolute atomic E-state index is 8.81. The molecular formula is C14H27N3O. The van der Waals surface area contributed by atoms with Crippen LogP contribution in [-0.2, 0) is 4.79 Å². The summed E-state index contributed by atoms with van der Waals surface area (Å²) >= 11 is 0. The Morgan fingerprint density at radius 3 is 2.44 bits per heavy atom. The van der Waals surface area contributed by atoms with Crippen LogP contribution in [-0.4, -0.2) is 29.2 Å². The molecule has 18 heavy (non-hydrogen) atoms. The number of carbonyl (C=O) groups is 1. The van der Waals surface area contributed by atoms with Gasteiger partial charge in [0.05, 0.1) is 12.2 Å². The molecule has 0 radical (unpaired) electrons. The first-order valence-corrected chi connectivity index (χ1v) is 6.82. The second-order valence-corrected chi connectivity index (χ2v) is 4.09. The van der Waals surface area contributed by atoms with Crippen molar-refractivity contribution in [2.45, 2.75) is 53.5 Å². The summed E-state index contributed by atoms with van der Waals surface area (Å²) in [6.45, 7) is 11.9. The molecule has 1 saturated heterocycles. The van der Waals surface area contributed by atoms with Gasteiger partial charge >= 0.3 is 0 Å². The molecule has 4 heteroatoms. The van der Waals surface area contributed by atoms with E-state index in [9.17, 15) is 0 Å². The number of aldehydes is 1. The van der Waals surface area contributed by atoms with E-state index in [2.05, 4.69) is 28.9 Å². The van der Waals surface area contributed by atoms with Crippen LogP contribution < -0.4 is 5.32 Å². The Hall–Kier alpha value is -1.16. The summed E-state index contributed by atoms with van der Waals surface area (Å²) in [5.74, 6) is 0. The smallest absolute Gasteiger partial charge is 0.116 e. The van der Waals surface area contributed by atoms with Crippen LogP contribution in [0.15, 0.2) is 6.20 Å². The molecule has 1 aromatic rings. The Morgan fingerprint density at radius 1 is 1.44 bits per heavy atom. The van der Waals surface area contributed by atoms with Crippen LogP contribution in [0.1, 0.15) is 50.9 Å². The fourth-order valence-electron chi connectivity index (χ4n) is 1.92. The number of nitrogens with zero attached hydrogens (tertiary/aromatic N) is 2. The quantitative estimate of drug-likeness (QED) is 0.783. The predicted molar refractivity (Wildman–Crippen MR) is 75.9 cm³/mol. The first kappa shape index (κ1) is 16.8. The normalized spacial score (nSPS) is 17.9. The summed E-state index contributed by atoms with van der Waals surface area (Å²) < 4.78 is 2.17. The van der Waals surface area contributed by atoms with Gasteiger partial charge in [-0.3, -0.25) is 4.68 Å². The van der Waals surface area contributed by atoms with Gasteiger partial charge < -0.3 is 10.1 Å². The first-order valence-electron chi connectivity index (χ1n) is 6.82. The topological polar surface area (TPSA) is 46.9 Å². The lowest BCUT2D eigenvalue weighted by molar-refractivity contribution is -0.106. The van der Waals surface area contributed by atoms with Crippen LogP contribution in [0.4, 0.5) is 0 Å². The molecule has 1 atom stereocenters. The fraction of sp³-hybridized carbons (Fsp3) is 0.714. The minimum atomic E-state index is 0.572. The zero-order valence-electron chi connectivity index (χ0n) is 12.4. The highest BCUT2D eigenvalue weighted by Crippen LogP contribution is 2.18. The minimum Gasteiger partial charge on any atom is -0.315 e. The molecule has 1 N–H and O–H groups in total. The Bertz CT molecular complexity index is 328. The second-order valence-electron chi connectivity index (χ2n) is 4.09. The second kappa shape index (κ2) is 9.83. The molecule has 4 nitrogen and oxygen atoms in total. The lowest BCUT2D eigenvalue weighted by Crippen LogP contribution is -2.32. The van der Waals surface area contributed by atoms with E-state index in [0.29, 0.717) is 6.04 Å². The van der Waals surface area contributed by atoms with Gasteiger partial charge in [0.2, 0.25) is 0 Å². The SMILES string of the molecule is CC.CC=O.Cc1cnn(C2CCCNC2)c1C. The molecule has 1 unspecified atom stereocenters. The van der Waals surface area contributed by atoms with Crippen molar-refractivity contribution < 1.29 is 4.79 Å². The minimum absolute atomic E-state index is 0.572. The van der Waals surface area contributed by atoms with Crippen molar-refractivity contribution in [1.82, 2.24) is 15.1 Å². The number of piperidine rings is 1. The molecule has 1 aromatic heterocycles. The average Bonchev–Trinajstić information content (AvgIpc) is 2.75. The van der Waals surface area contributed by atoms with Crippen molar-refractivity contribution in [3.63, 3.8) is 0 Å². The zero-order valence-corrected chi connectivity index (χ0v) is 12.4. The van der Waals surface area contributed by atoms with E-state index in [1.165, 1.54) is 31.0 Å². The largest absolute Gasteiger partial charge is 0.315 e. The van der Waals surface area contributed by atoms with Crippen molar-refractivity contribution in [2.75, 3.05) is 13.1 Å². The zero-order chi connectivity index (χ0) is 14.0. The maximum Gasteiger partial charge on any atom is 0.116 e. The summed E-state index contributed by atoms with van der Waals surface area (Å²) in [5.41, 5.74) is 2.61. The fourth-order valence-corrected chi connectivity index (χ4v) is 1.92. The van der Waals surface area contributed by atoms with Gasteiger partial charge in [0, 0.05) is 12.2 Å². The summed E-state index contributed by atoms with van der Waals surface area (Å²) in [5, 5.41) is 7.82. The van der Waals surface area contributed by atoms with Crippen molar-refractivity contribution in [1.29, 1.82) is 0 Å². The van der Waals surface area contributed by atoms with Crippen molar-refractivity contribution in [2.24, 2.45) is 0 Å². The van der Waals surface area contributed by atoms with E-state index in [4.69, 9.17) is 4.79 Å². The van der Waals surface area contributed by atoms with Gasteiger partial charge in [-0.25, -0.2) is 0 Å². The van der Waals surface area contributed by atoms with E-state index < -0.39 is 0 Å². The van der Waals surface area contributed by atoms with Crippen molar-refractivity contribution in [3.8, 4) is 0 Å². The lowest BCUT2D eigenvalue weighted by Gasteiger charge is -2.24. The van der Waals surface area contributed by atoms with Crippen molar-refractivity contribution >= 4 is 6.29 Å². The number of rotatable bonds is 1. The number of hydrogen-bond acceptors (Lipinski definition) is 3. The molecule has 2 rings (SSSR count). The monoisotopic (exact) mass is 253 g/mol. The number of nitrogens with one attached hydrogen (secondary N) is 1. The van der Waals surface area contributed by atoms with Gasteiger partial charge in [0.15, 0.2) is 0 Å². The van der Waals surface area contributed by atoms with Gasteiger partial charge in [0.25, 0.3) is 0 Å². The van der Waals surface area contributed by atoms with Gasteiger partial charge in [-0.15, -0.1) is 0 Å². The number of aromatic nitrogens is 2. The molecule has 0 spiro atoms. The van der Waals surface area contributed by atoms with Crippen LogP contribution in [0.2, 0.25) is 0 Å².